The SMILES string of the molecule is N#CC(C(=O)c1ccc(F)cc1Br)c1ccccc1F. The minimum absolute atomic E-state index is 0.0104. The molecule has 20 heavy (non-hydrogen) atoms. The molecule has 2 aromatic rings. The molecule has 5 heteroatoms. The first-order chi connectivity index (χ1) is 9.54. The molecular formula is C15H8BrF2NO. The number of rotatable bonds is 3. The molecule has 0 saturated carbocycles. The van der Waals surface area contributed by atoms with Gasteiger partial charge in [0.15, 0.2) is 5.78 Å². The summed E-state index contributed by atoms with van der Waals surface area (Å²) in [4.78, 5) is 12.3. The molecule has 0 bridgehead atoms. The molecule has 2 nitrogen and oxygen atoms in total. The van der Waals surface area contributed by atoms with Crippen molar-refractivity contribution in [1.29, 1.82) is 5.26 Å². The summed E-state index contributed by atoms with van der Waals surface area (Å²) in [5, 5.41) is 9.15. The summed E-state index contributed by atoms with van der Waals surface area (Å²) in [5.41, 5.74) is 0.150. The third kappa shape index (κ3) is 2.75. The van der Waals surface area contributed by atoms with Crippen LogP contribution < -0.4 is 0 Å². The Morgan fingerprint density at radius 3 is 2.50 bits per heavy atom. The maximum atomic E-state index is 13.7. The number of nitrogens with zero attached hydrogens (tertiary/aromatic N) is 1. The molecule has 1 atom stereocenters. The molecule has 100 valence electrons. The Hall–Kier alpha value is -2.06. The Morgan fingerprint density at radius 2 is 1.90 bits per heavy atom. The van der Waals surface area contributed by atoms with E-state index in [1.165, 1.54) is 24.3 Å². The Kier molecular flexibility index (Phi) is 4.26. The number of hydrogen-bond donors (Lipinski definition) is 0. The zero-order valence-corrected chi connectivity index (χ0v) is 11.7. The van der Waals surface area contributed by atoms with Crippen LogP contribution in [0.1, 0.15) is 21.8 Å². The van der Waals surface area contributed by atoms with Crippen LogP contribution in [0, 0.1) is 23.0 Å². The van der Waals surface area contributed by atoms with E-state index >= 15 is 0 Å². The van der Waals surface area contributed by atoms with Crippen molar-refractivity contribution in [2.24, 2.45) is 0 Å². The number of carbonyl (C=O) groups is 1. The molecular weight excluding hydrogens is 328 g/mol. The number of nitriles is 1. The van der Waals surface area contributed by atoms with Crippen molar-refractivity contribution in [2.45, 2.75) is 5.92 Å². The summed E-state index contributed by atoms with van der Waals surface area (Å²) < 4.78 is 26.9. The highest BCUT2D eigenvalue weighted by atomic mass is 79.9. The topological polar surface area (TPSA) is 40.9 Å². The van der Waals surface area contributed by atoms with Gasteiger partial charge in [-0.2, -0.15) is 5.26 Å². The van der Waals surface area contributed by atoms with Gasteiger partial charge in [0.2, 0.25) is 0 Å². The summed E-state index contributed by atoms with van der Waals surface area (Å²) in [6.45, 7) is 0. The van der Waals surface area contributed by atoms with Crippen molar-refractivity contribution in [3.8, 4) is 6.07 Å². The Bertz CT molecular complexity index is 709. The van der Waals surface area contributed by atoms with E-state index in [1.807, 2.05) is 0 Å². The van der Waals surface area contributed by atoms with E-state index in [0.29, 0.717) is 0 Å². The number of halogens is 3. The van der Waals surface area contributed by atoms with Crippen LogP contribution in [0.15, 0.2) is 46.9 Å². The fourth-order valence-electron chi connectivity index (χ4n) is 1.82. The lowest BCUT2D eigenvalue weighted by atomic mass is 9.91. The fraction of sp³-hybridized carbons (Fsp3) is 0.0667. The number of hydrogen-bond acceptors (Lipinski definition) is 2. The van der Waals surface area contributed by atoms with E-state index < -0.39 is 23.3 Å². The maximum Gasteiger partial charge on any atom is 0.185 e. The van der Waals surface area contributed by atoms with E-state index in [-0.39, 0.29) is 15.6 Å². The Labute approximate surface area is 122 Å². The largest absolute Gasteiger partial charge is 0.292 e. The predicted molar refractivity (Wildman–Crippen MR) is 73.2 cm³/mol. The molecule has 0 N–H and O–H groups in total. The quantitative estimate of drug-likeness (QED) is 0.788. The highest BCUT2D eigenvalue weighted by molar-refractivity contribution is 9.10. The zero-order chi connectivity index (χ0) is 14.7. The molecule has 0 spiro atoms. The number of ketones is 1. The van der Waals surface area contributed by atoms with Gasteiger partial charge in [0, 0.05) is 15.6 Å². The normalized spacial score (nSPS) is 11.7. The molecule has 2 aromatic carbocycles. The molecule has 1 unspecified atom stereocenters. The average molecular weight is 336 g/mol. The van der Waals surface area contributed by atoms with Crippen molar-refractivity contribution in [2.75, 3.05) is 0 Å². The minimum Gasteiger partial charge on any atom is -0.292 e. The van der Waals surface area contributed by atoms with Crippen molar-refractivity contribution >= 4 is 21.7 Å². The number of Topliss-reactive ketones (excluding diaryl/α,β-unsaturated/α-hetero) is 1. The highest BCUT2D eigenvalue weighted by Crippen LogP contribution is 2.27. The van der Waals surface area contributed by atoms with Crippen LogP contribution in [-0.2, 0) is 0 Å². The molecule has 0 aliphatic heterocycles. The molecule has 0 aliphatic carbocycles. The minimum atomic E-state index is -1.27. The smallest absolute Gasteiger partial charge is 0.185 e. The third-order valence-corrected chi connectivity index (χ3v) is 3.46. The monoisotopic (exact) mass is 335 g/mol. The second-order valence-corrected chi connectivity index (χ2v) is 4.93. The predicted octanol–water partition coefficient (Wildman–Crippen LogP) is 4.22. The summed E-state index contributed by atoms with van der Waals surface area (Å²) in [7, 11) is 0. The van der Waals surface area contributed by atoms with E-state index in [2.05, 4.69) is 15.9 Å². The van der Waals surface area contributed by atoms with E-state index in [0.717, 1.165) is 12.1 Å². The molecule has 0 aliphatic rings. The molecule has 0 fully saturated rings. The first-order valence-electron chi connectivity index (χ1n) is 5.68. The van der Waals surface area contributed by atoms with Crippen LogP contribution in [0.4, 0.5) is 8.78 Å². The first kappa shape index (κ1) is 14.4. The van der Waals surface area contributed by atoms with Crippen LogP contribution in [0.2, 0.25) is 0 Å². The highest BCUT2D eigenvalue weighted by Gasteiger charge is 2.26. The molecule has 0 aromatic heterocycles. The Morgan fingerprint density at radius 1 is 1.20 bits per heavy atom. The van der Waals surface area contributed by atoms with E-state index in [9.17, 15) is 13.6 Å². The van der Waals surface area contributed by atoms with Gasteiger partial charge in [-0.25, -0.2) is 8.78 Å². The van der Waals surface area contributed by atoms with E-state index in [4.69, 9.17) is 5.26 Å². The van der Waals surface area contributed by atoms with Gasteiger partial charge in [-0.15, -0.1) is 0 Å². The van der Waals surface area contributed by atoms with Crippen LogP contribution in [-0.4, -0.2) is 5.78 Å². The molecule has 2 rings (SSSR count). The zero-order valence-electron chi connectivity index (χ0n) is 10.1. The van der Waals surface area contributed by atoms with Gasteiger partial charge in [-0.05, 0) is 40.2 Å². The van der Waals surface area contributed by atoms with Crippen LogP contribution in [0.3, 0.4) is 0 Å². The number of carbonyl (C=O) groups excluding carboxylic acids is 1. The lowest BCUT2D eigenvalue weighted by Gasteiger charge is -2.11. The van der Waals surface area contributed by atoms with Gasteiger partial charge in [-0.3, -0.25) is 4.79 Å². The lowest BCUT2D eigenvalue weighted by Crippen LogP contribution is -2.13. The van der Waals surface area contributed by atoms with Crippen molar-refractivity contribution < 1.29 is 13.6 Å². The van der Waals surface area contributed by atoms with Crippen molar-refractivity contribution in [3.63, 3.8) is 0 Å². The lowest BCUT2D eigenvalue weighted by molar-refractivity contribution is 0.0976. The van der Waals surface area contributed by atoms with Gasteiger partial charge in [0.1, 0.15) is 17.6 Å². The molecule has 0 heterocycles. The van der Waals surface area contributed by atoms with Crippen molar-refractivity contribution in [1.82, 2.24) is 0 Å². The van der Waals surface area contributed by atoms with Crippen LogP contribution in [0.25, 0.3) is 0 Å². The van der Waals surface area contributed by atoms with Gasteiger partial charge < -0.3 is 0 Å². The summed E-state index contributed by atoms with van der Waals surface area (Å²) in [6, 6.07) is 10.9. The van der Waals surface area contributed by atoms with Crippen LogP contribution in [0.5, 0.6) is 0 Å². The summed E-state index contributed by atoms with van der Waals surface area (Å²) >= 11 is 3.07. The van der Waals surface area contributed by atoms with Crippen LogP contribution >= 0.6 is 15.9 Å². The maximum absolute atomic E-state index is 13.7. The number of benzene rings is 2. The standard InChI is InChI=1S/C15H8BrF2NO/c16-13-7-9(17)5-6-11(13)15(20)12(8-19)10-3-1-2-4-14(10)18/h1-7,12H. The second kappa shape index (κ2) is 5.93. The van der Waals surface area contributed by atoms with Gasteiger partial charge in [0.25, 0.3) is 0 Å². The summed E-state index contributed by atoms with van der Waals surface area (Å²) in [5.74, 6) is -2.97. The third-order valence-electron chi connectivity index (χ3n) is 2.80. The summed E-state index contributed by atoms with van der Waals surface area (Å²) in [6.07, 6.45) is 0. The molecule has 0 saturated heterocycles. The fourth-order valence-corrected chi connectivity index (χ4v) is 2.37. The molecule has 0 amide bonds. The van der Waals surface area contributed by atoms with E-state index in [1.54, 1.807) is 12.1 Å². The average Bonchev–Trinajstić information content (AvgIpc) is 2.41. The van der Waals surface area contributed by atoms with Gasteiger partial charge >= 0.3 is 0 Å². The van der Waals surface area contributed by atoms with Crippen molar-refractivity contribution in [3.05, 3.63) is 69.7 Å². The van der Waals surface area contributed by atoms with Gasteiger partial charge in [-0.1, -0.05) is 18.2 Å². The molecule has 0 radical (unpaired) electrons. The second-order valence-electron chi connectivity index (χ2n) is 4.07. The van der Waals surface area contributed by atoms with Gasteiger partial charge in [0.05, 0.1) is 6.07 Å². The first-order valence-corrected chi connectivity index (χ1v) is 6.47. The Balaban J connectivity index is 2.45.